The number of nitrogens with two attached hydrogens (primary N) is 1. The highest BCUT2D eigenvalue weighted by Gasteiger charge is 2.28. The molecule has 2 heterocycles. The summed E-state index contributed by atoms with van der Waals surface area (Å²) in [6.45, 7) is 0.999. The van der Waals surface area contributed by atoms with Crippen molar-refractivity contribution < 1.29 is 23.8 Å². The number of methoxy groups -OCH3 is 3. The van der Waals surface area contributed by atoms with Crippen LogP contribution >= 0.6 is 0 Å². The molecule has 3 rings (SSSR count). The average molecular weight is 361 g/mol. The van der Waals surface area contributed by atoms with Crippen LogP contribution in [0.25, 0.3) is 10.9 Å². The predicted molar refractivity (Wildman–Crippen MR) is 95.8 cm³/mol. The number of piperidine rings is 1. The fraction of sp³-hybridized carbons (Fsp3) is 0.444. The summed E-state index contributed by atoms with van der Waals surface area (Å²) >= 11 is 0. The fourth-order valence-corrected chi connectivity index (χ4v) is 3.39. The molecule has 140 valence electrons. The third-order valence-electron chi connectivity index (χ3n) is 4.86. The van der Waals surface area contributed by atoms with Gasteiger partial charge in [-0.15, -0.1) is 0 Å². The number of nitrogens with one attached hydrogen (secondary N) is 1. The molecule has 0 unspecified atom stereocenters. The van der Waals surface area contributed by atoms with Gasteiger partial charge >= 0.3 is 0 Å². The second-order valence-corrected chi connectivity index (χ2v) is 6.25. The predicted octanol–water partition coefficient (Wildman–Crippen LogP) is 1.53. The Bertz CT molecular complexity index is 837. The molecule has 3 N–H and O–H groups in total. The number of aromatic amines is 1. The summed E-state index contributed by atoms with van der Waals surface area (Å²) in [6, 6.07) is 3.47. The molecule has 0 bridgehead atoms. The van der Waals surface area contributed by atoms with Crippen molar-refractivity contribution in [1.82, 2.24) is 9.88 Å². The Labute approximate surface area is 151 Å². The Kier molecular flexibility index (Phi) is 4.92. The molecule has 1 aliphatic heterocycles. The number of primary amides is 1. The molecule has 26 heavy (non-hydrogen) atoms. The summed E-state index contributed by atoms with van der Waals surface area (Å²) in [6.07, 6.45) is 1.17. The first-order valence-corrected chi connectivity index (χ1v) is 8.40. The number of carbonyl (C=O) groups excluding carboxylic acids is 2. The summed E-state index contributed by atoms with van der Waals surface area (Å²) in [7, 11) is 4.64. The number of aromatic nitrogens is 1. The van der Waals surface area contributed by atoms with Crippen molar-refractivity contribution in [3.8, 4) is 17.2 Å². The summed E-state index contributed by atoms with van der Waals surface area (Å²) in [4.78, 5) is 29.0. The zero-order chi connectivity index (χ0) is 18.8. The van der Waals surface area contributed by atoms with Crippen LogP contribution in [0.4, 0.5) is 0 Å². The van der Waals surface area contributed by atoms with E-state index < -0.39 is 0 Å². The molecule has 0 saturated carbocycles. The molecule has 8 nitrogen and oxygen atoms in total. The average Bonchev–Trinajstić information content (AvgIpc) is 3.11. The van der Waals surface area contributed by atoms with E-state index in [2.05, 4.69) is 4.98 Å². The summed E-state index contributed by atoms with van der Waals surface area (Å²) < 4.78 is 16.2. The Morgan fingerprint density at radius 1 is 1.08 bits per heavy atom. The van der Waals surface area contributed by atoms with E-state index in [4.69, 9.17) is 19.9 Å². The molecule has 0 aliphatic carbocycles. The molecule has 1 aliphatic rings. The van der Waals surface area contributed by atoms with E-state index in [1.54, 1.807) is 38.4 Å². The molecule has 0 radical (unpaired) electrons. The number of nitrogens with zero attached hydrogens (tertiary/aromatic N) is 1. The number of hydrogen-bond acceptors (Lipinski definition) is 5. The molecule has 1 aromatic heterocycles. The molecule has 2 amide bonds. The van der Waals surface area contributed by atoms with Crippen molar-refractivity contribution in [3.63, 3.8) is 0 Å². The van der Waals surface area contributed by atoms with Crippen molar-refractivity contribution >= 4 is 22.7 Å². The maximum Gasteiger partial charge on any atom is 0.270 e. The van der Waals surface area contributed by atoms with E-state index in [1.165, 1.54) is 0 Å². The van der Waals surface area contributed by atoms with Crippen molar-refractivity contribution in [3.05, 3.63) is 17.8 Å². The van der Waals surface area contributed by atoms with Gasteiger partial charge in [0.15, 0.2) is 11.5 Å². The number of hydrogen-bond donors (Lipinski definition) is 2. The molecule has 0 spiro atoms. The molecule has 1 aromatic carbocycles. The lowest BCUT2D eigenvalue weighted by molar-refractivity contribution is -0.123. The monoisotopic (exact) mass is 361 g/mol. The van der Waals surface area contributed by atoms with Gasteiger partial charge in [0.05, 0.1) is 26.8 Å². The quantitative estimate of drug-likeness (QED) is 0.840. The van der Waals surface area contributed by atoms with Crippen LogP contribution in [0.5, 0.6) is 17.2 Å². The zero-order valence-corrected chi connectivity index (χ0v) is 15.1. The van der Waals surface area contributed by atoms with Gasteiger partial charge in [0.25, 0.3) is 5.91 Å². The van der Waals surface area contributed by atoms with E-state index in [0.29, 0.717) is 54.4 Å². The first kappa shape index (κ1) is 17.9. The topological polar surface area (TPSA) is 107 Å². The van der Waals surface area contributed by atoms with Crippen molar-refractivity contribution in [2.45, 2.75) is 12.8 Å². The Morgan fingerprint density at radius 3 is 2.27 bits per heavy atom. The van der Waals surface area contributed by atoms with Gasteiger partial charge in [-0.25, -0.2) is 0 Å². The minimum Gasteiger partial charge on any atom is -0.496 e. The molecule has 0 atom stereocenters. The van der Waals surface area contributed by atoms with Crippen LogP contribution in [0.15, 0.2) is 12.1 Å². The fourth-order valence-electron chi connectivity index (χ4n) is 3.39. The number of benzene rings is 1. The smallest absolute Gasteiger partial charge is 0.270 e. The maximum atomic E-state index is 12.9. The van der Waals surface area contributed by atoms with Crippen molar-refractivity contribution in [1.29, 1.82) is 0 Å². The SMILES string of the molecule is COc1cc(OC)c2cc(C(=O)N3CCC(C(N)=O)CC3)[nH]c2c1OC. The number of likely N-dealkylation sites (tertiary alicyclic amines) is 1. The first-order chi connectivity index (χ1) is 12.5. The van der Waals surface area contributed by atoms with Gasteiger partial charge in [-0.2, -0.15) is 0 Å². The van der Waals surface area contributed by atoms with Crippen LogP contribution in [0.2, 0.25) is 0 Å². The second kappa shape index (κ2) is 7.15. The third kappa shape index (κ3) is 3.02. The Morgan fingerprint density at radius 2 is 1.73 bits per heavy atom. The van der Waals surface area contributed by atoms with Gasteiger partial charge in [-0.3, -0.25) is 9.59 Å². The van der Waals surface area contributed by atoms with Crippen molar-refractivity contribution in [2.75, 3.05) is 34.4 Å². The van der Waals surface area contributed by atoms with Crippen LogP contribution < -0.4 is 19.9 Å². The van der Waals surface area contributed by atoms with Crippen LogP contribution in [0.1, 0.15) is 23.3 Å². The first-order valence-electron chi connectivity index (χ1n) is 8.40. The van der Waals surface area contributed by atoms with E-state index in [-0.39, 0.29) is 17.7 Å². The van der Waals surface area contributed by atoms with Gasteiger partial charge in [0, 0.05) is 30.5 Å². The molecule has 1 saturated heterocycles. The van der Waals surface area contributed by atoms with Gasteiger partial charge in [0.2, 0.25) is 5.91 Å². The van der Waals surface area contributed by atoms with E-state index in [1.807, 2.05) is 0 Å². The van der Waals surface area contributed by atoms with Gasteiger partial charge in [-0.05, 0) is 18.9 Å². The van der Waals surface area contributed by atoms with Gasteiger partial charge in [0.1, 0.15) is 11.4 Å². The minimum absolute atomic E-state index is 0.132. The number of amides is 2. The number of ether oxygens (including phenoxy) is 3. The molecular formula is C18H23N3O5. The zero-order valence-electron chi connectivity index (χ0n) is 15.1. The second-order valence-electron chi connectivity index (χ2n) is 6.25. The molecule has 1 fully saturated rings. The molecular weight excluding hydrogens is 338 g/mol. The van der Waals surface area contributed by atoms with Gasteiger partial charge < -0.3 is 29.8 Å². The van der Waals surface area contributed by atoms with Crippen molar-refractivity contribution in [2.24, 2.45) is 11.7 Å². The number of carbonyl (C=O) groups is 2. The van der Waals surface area contributed by atoms with E-state index in [9.17, 15) is 9.59 Å². The maximum absolute atomic E-state index is 12.9. The van der Waals surface area contributed by atoms with E-state index in [0.717, 1.165) is 5.39 Å². The highest BCUT2D eigenvalue weighted by atomic mass is 16.5. The standard InChI is InChI=1S/C18H23N3O5/c1-24-13-9-14(25-2)16(26-3)15-11(13)8-12(20-15)18(23)21-6-4-10(5-7-21)17(19)22/h8-10,20H,4-7H2,1-3H3,(H2,19,22). The van der Waals surface area contributed by atoms with Crippen LogP contribution in [-0.4, -0.2) is 56.1 Å². The number of fused-ring (bicyclic) bond motifs is 1. The Balaban J connectivity index is 1.93. The lowest BCUT2D eigenvalue weighted by atomic mass is 9.96. The van der Waals surface area contributed by atoms with E-state index >= 15 is 0 Å². The minimum atomic E-state index is -0.302. The summed E-state index contributed by atoms with van der Waals surface area (Å²) in [5.74, 6) is 1.01. The lowest BCUT2D eigenvalue weighted by Gasteiger charge is -2.30. The summed E-state index contributed by atoms with van der Waals surface area (Å²) in [5, 5.41) is 0.737. The van der Waals surface area contributed by atoms with Crippen LogP contribution in [-0.2, 0) is 4.79 Å². The van der Waals surface area contributed by atoms with Gasteiger partial charge in [-0.1, -0.05) is 0 Å². The van der Waals surface area contributed by atoms with Crippen LogP contribution in [0, 0.1) is 5.92 Å². The number of H-pyrrole nitrogens is 1. The lowest BCUT2D eigenvalue weighted by Crippen LogP contribution is -2.41. The highest BCUT2D eigenvalue weighted by Crippen LogP contribution is 2.41. The van der Waals surface area contributed by atoms with Crippen LogP contribution in [0.3, 0.4) is 0 Å². The Hall–Kier alpha value is -2.90. The highest BCUT2D eigenvalue weighted by molar-refractivity contribution is 6.02. The third-order valence-corrected chi connectivity index (χ3v) is 4.86. The number of rotatable bonds is 5. The molecule has 2 aromatic rings. The normalized spacial score (nSPS) is 15.1. The largest absolute Gasteiger partial charge is 0.496 e. The molecule has 8 heteroatoms. The summed E-state index contributed by atoms with van der Waals surface area (Å²) in [5.41, 5.74) is 6.42.